The standard InChI is InChI=1S/C18H19F3N6/c1-13-11-25(9-10-26(13)12-18(19,20)21)16-8-7-15-22-23-17(27(15)24-16)14-5-3-2-4-6-14/h2-8,13H,9-12H2,1H3. The zero-order valence-corrected chi connectivity index (χ0v) is 14.8. The maximum atomic E-state index is 12.7. The molecule has 6 nitrogen and oxygen atoms in total. The highest BCUT2D eigenvalue weighted by Gasteiger charge is 2.35. The van der Waals surface area contributed by atoms with E-state index >= 15 is 0 Å². The molecule has 1 unspecified atom stereocenters. The maximum absolute atomic E-state index is 12.7. The Morgan fingerprint density at radius 2 is 1.81 bits per heavy atom. The lowest BCUT2D eigenvalue weighted by Crippen LogP contribution is -2.54. The number of nitrogens with zero attached hydrogens (tertiary/aromatic N) is 6. The Labute approximate surface area is 154 Å². The first-order valence-electron chi connectivity index (χ1n) is 8.74. The topological polar surface area (TPSA) is 49.6 Å². The van der Waals surface area contributed by atoms with E-state index in [0.29, 0.717) is 36.9 Å². The number of benzene rings is 1. The van der Waals surface area contributed by atoms with Crippen molar-refractivity contribution in [2.45, 2.75) is 19.1 Å². The summed E-state index contributed by atoms with van der Waals surface area (Å²) in [6, 6.07) is 13.1. The Hall–Kier alpha value is -2.68. The van der Waals surface area contributed by atoms with E-state index in [1.54, 1.807) is 4.52 Å². The molecule has 0 N–H and O–H groups in total. The normalized spacial score (nSPS) is 19.0. The molecule has 1 fully saturated rings. The van der Waals surface area contributed by atoms with Gasteiger partial charge in [-0.3, -0.25) is 4.90 Å². The minimum Gasteiger partial charge on any atom is -0.352 e. The molecule has 1 atom stereocenters. The molecule has 2 aromatic heterocycles. The van der Waals surface area contributed by atoms with Crippen molar-refractivity contribution in [3.05, 3.63) is 42.5 Å². The van der Waals surface area contributed by atoms with Crippen LogP contribution in [0.1, 0.15) is 6.92 Å². The van der Waals surface area contributed by atoms with Gasteiger partial charge in [0.25, 0.3) is 0 Å². The SMILES string of the molecule is CC1CN(c2ccc3nnc(-c4ccccc4)n3n2)CCN1CC(F)(F)F. The van der Waals surface area contributed by atoms with Gasteiger partial charge in [-0.1, -0.05) is 30.3 Å². The van der Waals surface area contributed by atoms with Crippen LogP contribution in [0, 0.1) is 0 Å². The number of aromatic nitrogens is 4. The Kier molecular flexibility index (Phi) is 4.47. The quantitative estimate of drug-likeness (QED) is 0.704. The third-order valence-corrected chi connectivity index (χ3v) is 4.75. The van der Waals surface area contributed by atoms with Gasteiger partial charge in [0.2, 0.25) is 0 Å². The van der Waals surface area contributed by atoms with E-state index in [4.69, 9.17) is 0 Å². The summed E-state index contributed by atoms with van der Waals surface area (Å²) in [7, 11) is 0. The largest absolute Gasteiger partial charge is 0.401 e. The fourth-order valence-electron chi connectivity index (χ4n) is 3.38. The lowest BCUT2D eigenvalue weighted by atomic mass is 10.2. The number of alkyl halides is 3. The molecule has 0 saturated carbocycles. The average Bonchev–Trinajstić information content (AvgIpc) is 3.06. The molecule has 27 heavy (non-hydrogen) atoms. The van der Waals surface area contributed by atoms with Crippen molar-refractivity contribution in [2.75, 3.05) is 31.1 Å². The van der Waals surface area contributed by atoms with Crippen LogP contribution in [0.15, 0.2) is 42.5 Å². The van der Waals surface area contributed by atoms with Gasteiger partial charge in [0.05, 0.1) is 6.54 Å². The summed E-state index contributed by atoms with van der Waals surface area (Å²) < 4.78 is 39.8. The Morgan fingerprint density at radius 1 is 1.04 bits per heavy atom. The third-order valence-electron chi connectivity index (χ3n) is 4.75. The van der Waals surface area contributed by atoms with Crippen LogP contribution in [0.25, 0.3) is 17.0 Å². The molecular weight excluding hydrogens is 357 g/mol. The Morgan fingerprint density at radius 3 is 2.52 bits per heavy atom. The second-order valence-corrected chi connectivity index (χ2v) is 6.73. The van der Waals surface area contributed by atoms with Gasteiger partial charge in [0.1, 0.15) is 5.82 Å². The molecule has 1 aromatic carbocycles. The smallest absolute Gasteiger partial charge is 0.352 e. The lowest BCUT2D eigenvalue weighted by Gasteiger charge is -2.40. The van der Waals surface area contributed by atoms with Crippen LogP contribution in [0.2, 0.25) is 0 Å². The number of fused-ring (bicyclic) bond motifs is 1. The number of hydrogen-bond acceptors (Lipinski definition) is 5. The van der Waals surface area contributed by atoms with Crippen molar-refractivity contribution in [1.82, 2.24) is 24.7 Å². The molecule has 4 rings (SSSR count). The van der Waals surface area contributed by atoms with E-state index in [2.05, 4.69) is 15.3 Å². The summed E-state index contributed by atoms with van der Waals surface area (Å²) in [4.78, 5) is 3.47. The van der Waals surface area contributed by atoms with E-state index in [1.165, 1.54) is 4.90 Å². The molecule has 3 heterocycles. The first-order valence-corrected chi connectivity index (χ1v) is 8.74. The molecule has 1 aliphatic heterocycles. The summed E-state index contributed by atoms with van der Waals surface area (Å²) in [5.41, 5.74) is 1.53. The van der Waals surface area contributed by atoms with Crippen molar-refractivity contribution in [2.24, 2.45) is 0 Å². The predicted octanol–water partition coefficient (Wildman–Crippen LogP) is 2.86. The minimum absolute atomic E-state index is 0.215. The molecule has 0 aliphatic carbocycles. The second-order valence-electron chi connectivity index (χ2n) is 6.73. The van der Waals surface area contributed by atoms with Gasteiger partial charge in [-0.05, 0) is 19.1 Å². The number of anilines is 1. The first-order chi connectivity index (χ1) is 12.9. The molecular formula is C18H19F3N6. The highest BCUT2D eigenvalue weighted by molar-refractivity contribution is 5.59. The molecule has 142 valence electrons. The van der Waals surface area contributed by atoms with Gasteiger partial charge in [-0.15, -0.1) is 15.3 Å². The predicted molar refractivity (Wildman–Crippen MR) is 95.5 cm³/mol. The highest BCUT2D eigenvalue weighted by atomic mass is 19.4. The van der Waals surface area contributed by atoms with Crippen molar-refractivity contribution < 1.29 is 13.2 Å². The molecule has 1 saturated heterocycles. The van der Waals surface area contributed by atoms with E-state index < -0.39 is 12.7 Å². The fourth-order valence-corrected chi connectivity index (χ4v) is 3.38. The van der Waals surface area contributed by atoms with Crippen LogP contribution < -0.4 is 4.90 Å². The van der Waals surface area contributed by atoms with E-state index in [-0.39, 0.29) is 6.04 Å². The number of piperazine rings is 1. The van der Waals surface area contributed by atoms with Crippen molar-refractivity contribution in [3.63, 3.8) is 0 Å². The van der Waals surface area contributed by atoms with Crippen LogP contribution >= 0.6 is 0 Å². The molecule has 0 spiro atoms. The fraction of sp³-hybridized carbons (Fsp3) is 0.389. The summed E-state index contributed by atoms with van der Waals surface area (Å²) >= 11 is 0. The van der Waals surface area contributed by atoms with Crippen LogP contribution in [0.4, 0.5) is 19.0 Å². The molecule has 0 amide bonds. The summed E-state index contributed by atoms with van der Waals surface area (Å²) in [5.74, 6) is 1.34. The lowest BCUT2D eigenvalue weighted by molar-refractivity contribution is -0.150. The number of rotatable bonds is 3. The molecule has 1 aliphatic rings. The highest BCUT2D eigenvalue weighted by Crippen LogP contribution is 2.23. The molecule has 9 heteroatoms. The van der Waals surface area contributed by atoms with Crippen molar-refractivity contribution in [3.8, 4) is 11.4 Å². The van der Waals surface area contributed by atoms with Gasteiger partial charge >= 0.3 is 6.18 Å². The molecule has 0 bridgehead atoms. The van der Waals surface area contributed by atoms with Crippen molar-refractivity contribution >= 4 is 11.5 Å². The van der Waals surface area contributed by atoms with Crippen molar-refractivity contribution in [1.29, 1.82) is 0 Å². The summed E-state index contributed by atoms with van der Waals surface area (Å²) in [6.07, 6.45) is -4.18. The van der Waals surface area contributed by atoms with Gasteiger partial charge in [-0.25, -0.2) is 0 Å². The van der Waals surface area contributed by atoms with Crippen LogP contribution in [0.3, 0.4) is 0 Å². The molecule has 3 aromatic rings. The van der Waals surface area contributed by atoms with Crippen LogP contribution in [0.5, 0.6) is 0 Å². The second kappa shape index (κ2) is 6.80. The monoisotopic (exact) mass is 376 g/mol. The Bertz CT molecular complexity index is 924. The summed E-state index contributed by atoms with van der Waals surface area (Å²) in [6.45, 7) is 2.25. The van der Waals surface area contributed by atoms with E-state index in [9.17, 15) is 13.2 Å². The zero-order valence-electron chi connectivity index (χ0n) is 14.8. The maximum Gasteiger partial charge on any atom is 0.401 e. The van der Waals surface area contributed by atoms with Crippen LogP contribution in [-0.2, 0) is 0 Å². The Balaban J connectivity index is 1.58. The van der Waals surface area contributed by atoms with Gasteiger partial charge in [-0.2, -0.15) is 17.7 Å². The summed E-state index contributed by atoms with van der Waals surface area (Å²) in [5, 5.41) is 13.0. The minimum atomic E-state index is -4.18. The van der Waals surface area contributed by atoms with Gasteiger partial charge in [0.15, 0.2) is 11.5 Å². The van der Waals surface area contributed by atoms with Crippen LogP contribution in [-0.4, -0.2) is 63.1 Å². The first kappa shape index (κ1) is 17.7. The van der Waals surface area contributed by atoms with E-state index in [0.717, 1.165) is 5.56 Å². The average molecular weight is 376 g/mol. The number of hydrogen-bond donors (Lipinski definition) is 0. The van der Waals surface area contributed by atoms with Gasteiger partial charge in [0, 0.05) is 31.2 Å². The van der Waals surface area contributed by atoms with Gasteiger partial charge < -0.3 is 4.90 Å². The third kappa shape index (κ3) is 3.73. The zero-order chi connectivity index (χ0) is 19.0. The number of halogens is 3. The molecule has 0 radical (unpaired) electrons. The van der Waals surface area contributed by atoms with E-state index in [1.807, 2.05) is 54.3 Å².